The monoisotopic (exact) mass is 260 g/mol. The van der Waals surface area contributed by atoms with Crippen LogP contribution in [-0.2, 0) is 14.6 Å². The fourth-order valence-corrected chi connectivity index (χ4v) is 4.02. The maximum Gasteiger partial charge on any atom is 0.242 e. The first-order valence-electron chi connectivity index (χ1n) is 6.04. The molecule has 6 heteroatoms. The highest BCUT2D eigenvalue weighted by atomic mass is 32.2. The fourth-order valence-electron chi connectivity index (χ4n) is 2.47. The van der Waals surface area contributed by atoms with Crippen LogP contribution in [0.15, 0.2) is 0 Å². The predicted octanol–water partition coefficient (Wildman–Crippen LogP) is -0.241. The van der Waals surface area contributed by atoms with E-state index in [2.05, 4.69) is 0 Å². The molecular weight excluding hydrogens is 240 g/mol. The average Bonchev–Trinajstić information content (AvgIpc) is 2.98. The van der Waals surface area contributed by atoms with Crippen LogP contribution in [0.3, 0.4) is 0 Å². The van der Waals surface area contributed by atoms with Crippen LogP contribution in [0.5, 0.6) is 0 Å². The Morgan fingerprint density at radius 1 is 1.41 bits per heavy atom. The molecule has 1 saturated carbocycles. The summed E-state index contributed by atoms with van der Waals surface area (Å²) in [6, 6.07) is -0.261. The van der Waals surface area contributed by atoms with Crippen LogP contribution in [0.4, 0.5) is 0 Å². The quantitative estimate of drug-likeness (QED) is 0.743. The Balaban J connectivity index is 2.10. The second kappa shape index (κ2) is 3.95. The second-order valence-electron chi connectivity index (χ2n) is 5.52. The largest absolute Gasteiger partial charge is 0.336 e. The Morgan fingerprint density at radius 2 is 2.00 bits per heavy atom. The van der Waals surface area contributed by atoms with Gasteiger partial charge >= 0.3 is 0 Å². The molecule has 0 aromatic heterocycles. The van der Waals surface area contributed by atoms with Crippen LogP contribution >= 0.6 is 0 Å². The first-order chi connectivity index (χ1) is 7.74. The van der Waals surface area contributed by atoms with Gasteiger partial charge in [0.1, 0.15) is 0 Å². The van der Waals surface area contributed by atoms with Crippen molar-refractivity contribution in [3.63, 3.8) is 0 Å². The summed E-state index contributed by atoms with van der Waals surface area (Å²) in [5.74, 6) is 0.284. The van der Waals surface area contributed by atoms with Gasteiger partial charge < -0.3 is 10.6 Å². The Bertz CT molecular complexity index is 426. The van der Waals surface area contributed by atoms with Crippen molar-refractivity contribution in [3.8, 4) is 0 Å². The molecule has 2 unspecified atom stereocenters. The van der Waals surface area contributed by atoms with E-state index >= 15 is 0 Å². The molecule has 0 bridgehead atoms. The molecule has 17 heavy (non-hydrogen) atoms. The van der Waals surface area contributed by atoms with Gasteiger partial charge in [0.05, 0.1) is 17.0 Å². The third kappa shape index (κ3) is 2.47. The predicted molar refractivity (Wildman–Crippen MR) is 65.1 cm³/mol. The third-order valence-corrected chi connectivity index (χ3v) is 5.61. The number of rotatable bonds is 2. The molecule has 1 heterocycles. The molecule has 2 N–H and O–H groups in total. The van der Waals surface area contributed by atoms with Crippen molar-refractivity contribution in [3.05, 3.63) is 0 Å². The number of nitrogens with two attached hydrogens (primary N) is 1. The molecule has 2 aliphatic rings. The van der Waals surface area contributed by atoms with Gasteiger partial charge in [0.25, 0.3) is 0 Å². The molecule has 5 nitrogen and oxygen atoms in total. The number of nitrogens with zero attached hydrogens (tertiary/aromatic N) is 1. The zero-order valence-electron chi connectivity index (χ0n) is 10.3. The third-order valence-electron chi connectivity index (χ3n) is 3.82. The van der Waals surface area contributed by atoms with E-state index in [4.69, 9.17) is 5.73 Å². The van der Waals surface area contributed by atoms with E-state index in [9.17, 15) is 13.2 Å². The summed E-state index contributed by atoms with van der Waals surface area (Å²) < 4.78 is 22.9. The first-order valence-corrected chi connectivity index (χ1v) is 7.86. The van der Waals surface area contributed by atoms with Gasteiger partial charge in [-0.2, -0.15) is 0 Å². The standard InChI is InChI=1S/C11H20N2O3S/c1-8-7-17(15,16)6-5-13(8)10(14)11(2,12)9-3-4-9/h8-9H,3-7,12H2,1-2H3. The summed E-state index contributed by atoms with van der Waals surface area (Å²) in [6.07, 6.45) is 2.00. The molecule has 1 aliphatic carbocycles. The summed E-state index contributed by atoms with van der Waals surface area (Å²) in [6.45, 7) is 3.82. The van der Waals surface area contributed by atoms with Gasteiger partial charge in [-0.3, -0.25) is 4.79 Å². The van der Waals surface area contributed by atoms with Crippen LogP contribution < -0.4 is 5.73 Å². The molecule has 98 valence electrons. The molecule has 2 rings (SSSR count). The first kappa shape index (κ1) is 12.8. The van der Waals surface area contributed by atoms with Crippen molar-refractivity contribution in [1.82, 2.24) is 4.90 Å². The number of carbonyl (C=O) groups is 1. The summed E-state index contributed by atoms with van der Waals surface area (Å²) >= 11 is 0. The van der Waals surface area contributed by atoms with E-state index in [1.54, 1.807) is 18.7 Å². The summed E-state index contributed by atoms with van der Waals surface area (Å²) in [5, 5.41) is 0. The number of sulfone groups is 1. The Morgan fingerprint density at radius 3 is 2.47 bits per heavy atom. The van der Waals surface area contributed by atoms with Crippen LogP contribution in [-0.4, -0.2) is 48.9 Å². The van der Waals surface area contributed by atoms with Gasteiger partial charge in [0.15, 0.2) is 9.84 Å². The number of hydrogen-bond acceptors (Lipinski definition) is 4. The Hall–Kier alpha value is -0.620. The van der Waals surface area contributed by atoms with Gasteiger partial charge in [0, 0.05) is 12.6 Å². The van der Waals surface area contributed by atoms with E-state index < -0.39 is 15.4 Å². The minimum atomic E-state index is -2.98. The van der Waals surface area contributed by atoms with Crippen LogP contribution in [0.1, 0.15) is 26.7 Å². The molecule has 1 aliphatic heterocycles. The van der Waals surface area contributed by atoms with Crippen LogP contribution in [0.25, 0.3) is 0 Å². The maximum atomic E-state index is 12.3. The van der Waals surface area contributed by atoms with Gasteiger partial charge in [-0.25, -0.2) is 8.42 Å². The van der Waals surface area contributed by atoms with Gasteiger partial charge in [-0.1, -0.05) is 0 Å². The fraction of sp³-hybridized carbons (Fsp3) is 0.909. The van der Waals surface area contributed by atoms with E-state index in [-0.39, 0.29) is 35.9 Å². The molecule has 2 fully saturated rings. The van der Waals surface area contributed by atoms with Crippen molar-refractivity contribution < 1.29 is 13.2 Å². The Kier molecular flexibility index (Phi) is 2.98. The van der Waals surface area contributed by atoms with Crippen LogP contribution in [0, 0.1) is 5.92 Å². The van der Waals surface area contributed by atoms with E-state index in [0.717, 1.165) is 12.8 Å². The number of carbonyl (C=O) groups excluding carboxylic acids is 1. The molecule has 0 aromatic carbocycles. The molecule has 1 amide bonds. The molecule has 0 aromatic rings. The average molecular weight is 260 g/mol. The smallest absolute Gasteiger partial charge is 0.242 e. The van der Waals surface area contributed by atoms with E-state index in [1.165, 1.54) is 0 Å². The minimum Gasteiger partial charge on any atom is -0.336 e. The highest BCUT2D eigenvalue weighted by Gasteiger charge is 2.47. The van der Waals surface area contributed by atoms with Crippen molar-refractivity contribution >= 4 is 15.7 Å². The molecule has 1 saturated heterocycles. The topological polar surface area (TPSA) is 80.5 Å². The zero-order chi connectivity index (χ0) is 12.8. The second-order valence-corrected chi connectivity index (χ2v) is 7.75. The molecular formula is C11H20N2O3S. The lowest BCUT2D eigenvalue weighted by atomic mass is 9.94. The molecule has 2 atom stereocenters. The van der Waals surface area contributed by atoms with Crippen LogP contribution in [0.2, 0.25) is 0 Å². The number of amides is 1. The van der Waals surface area contributed by atoms with Crippen molar-refractivity contribution in [1.29, 1.82) is 0 Å². The zero-order valence-corrected chi connectivity index (χ0v) is 11.2. The molecule has 0 spiro atoms. The molecule has 0 radical (unpaired) electrons. The summed E-state index contributed by atoms with van der Waals surface area (Å²) in [5.41, 5.74) is 5.26. The number of hydrogen-bond donors (Lipinski definition) is 1. The van der Waals surface area contributed by atoms with E-state index in [0.29, 0.717) is 0 Å². The van der Waals surface area contributed by atoms with Crippen molar-refractivity contribution in [2.24, 2.45) is 11.7 Å². The SMILES string of the molecule is CC1CS(=O)(=O)CCN1C(=O)C(C)(N)C1CC1. The minimum absolute atomic E-state index is 0.0550. The lowest BCUT2D eigenvalue weighted by Gasteiger charge is -2.38. The summed E-state index contributed by atoms with van der Waals surface area (Å²) in [4.78, 5) is 14.0. The maximum absolute atomic E-state index is 12.3. The van der Waals surface area contributed by atoms with Crippen molar-refractivity contribution in [2.75, 3.05) is 18.1 Å². The van der Waals surface area contributed by atoms with E-state index in [1.807, 2.05) is 0 Å². The lowest BCUT2D eigenvalue weighted by Crippen LogP contribution is -2.60. The van der Waals surface area contributed by atoms with Gasteiger partial charge in [-0.05, 0) is 32.6 Å². The highest BCUT2D eigenvalue weighted by Crippen LogP contribution is 2.39. The lowest BCUT2D eigenvalue weighted by molar-refractivity contribution is -0.138. The van der Waals surface area contributed by atoms with Gasteiger partial charge in [-0.15, -0.1) is 0 Å². The van der Waals surface area contributed by atoms with Crippen molar-refractivity contribution in [2.45, 2.75) is 38.3 Å². The van der Waals surface area contributed by atoms with Gasteiger partial charge in [0.2, 0.25) is 5.91 Å². The normalized spacial score (nSPS) is 31.9. The highest BCUT2D eigenvalue weighted by molar-refractivity contribution is 7.91. The summed E-state index contributed by atoms with van der Waals surface area (Å²) in [7, 11) is -2.98. The Labute approximate surface area is 102 Å².